The number of imide groups is 1. The minimum absolute atomic E-state index is 0.181. The number of ether oxygens (including phenoxy) is 1. The summed E-state index contributed by atoms with van der Waals surface area (Å²) in [4.78, 5) is 52.6. The summed E-state index contributed by atoms with van der Waals surface area (Å²) in [6.45, 7) is -0.389. The van der Waals surface area contributed by atoms with Crippen LogP contribution in [0.25, 0.3) is 0 Å². The number of esters is 1. The number of carbonyl (C=O) groups is 4. The monoisotopic (exact) mass is 467 g/mol. The molecule has 0 bridgehead atoms. The molecule has 1 heterocycles. The van der Waals surface area contributed by atoms with E-state index in [1.165, 1.54) is 16.5 Å². The van der Waals surface area contributed by atoms with Crippen molar-refractivity contribution in [2.45, 2.75) is 25.2 Å². The van der Waals surface area contributed by atoms with Crippen molar-refractivity contribution in [3.63, 3.8) is 0 Å². The van der Waals surface area contributed by atoms with E-state index in [-0.39, 0.29) is 47.5 Å². The summed E-state index contributed by atoms with van der Waals surface area (Å²) in [5.41, 5.74) is 2.19. The molecule has 35 heavy (non-hydrogen) atoms. The Morgan fingerprint density at radius 2 is 1.43 bits per heavy atom. The number of fused-ring (bicyclic) bond motifs is 1. The van der Waals surface area contributed by atoms with Crippen LogP contribution in [-0.4, -0.2) is 30.2 Å². The van der Waals surface area contributed by atoms with Crippen LogP contribution in [0.1, 0.15) is 51.5 Å². The Labute approximate surface area is 203 Å². The lowest BCUT2D eigenvalue weighted by Gasteiger charge is -2.28. The van der Waals surface area contributed by atoms with Crippen LogP contribution in [0, 0.1) is 11.8 Å². The lowest BCUT2D eigenvalue weighted by atomic mass is 9.73. The van der Waals surface area contributed by atoms with Crippen molar-refractivity contribution < 1.29 is 23.9 Å². The zero-order chi connectivity index (χ0) is 24.4. The Bertz CT molecular complexity index is 1270. The van der Waals surface area contributed by atoms with Crippen LogP contribution < -0.4 is 4.90 Å². The molecule has 6 nitrogen and oxygen atoms in total. The molecule has 1 saturated heterocycles. The zero-order valence-electron chi connectivity index (χ0n) is 19.1. The molecule has 2 aliphatic rings. The van der Waals surface area contributed by atoms with Gasteiger partial charge in [0.2, 0.25) is 11.8 Å². The normalized spacial score (nSPS) is 21.5. The van der Waals surface area contributed by atoms with Crippen LogP contribution in [0.15, 0.2) is 84.9 Å². The molecule has 3 unspecified atom stereocenters. The van der Waals surface area contributed by atoms with Crippen molar-refractivity contribution in [1.29, 1.82) is 0 Å². The first-order valence-electron chi connectivity index (χ1n) is 11.8. The largest absolute Gasteiger partial charge is 0.454 e. The first-order chi connectivity index (χ1) is 17.0. The van der Waals surface area contributed by atoms with E-state index < -0.39 is 5.97 Å². The van der Waals surface area contributed by atoms with Gasteiger partial charge >= 0.3 is 5.97 Å². The van der Waals surface area contributed by atoms with Gasteiger partial charge in [-0.2, -0.15) is 0 Å². The Hall–Kier alpha value is -4.06. The molecule has 2 fully saturated rings. The van der Waals surface area contributed by atoms with Gasteiger partial charge < -0.3 is 4.74 Å². The van der Waals surface area contributed by atoms with Crippen molar-refractivity contribution in [3.05, 3.63) is 102 Å². The molecule has 3 atom stereocenters. The molecule has 3 aromatic carbocycles. The quantitative estimate of drug-likeness (QED) is 0.296. The van der Waals surface area contributed by atoms with Crippen LogP contribution in [0.3, 0.4) is 0 Å². The van der Waals surface area contributed by atoms with Gasteiger partial charge in [-0.25, -0.2) is 4.79 Å². The number of carbonyl (C=O) groups excluding carboxylic acids is 4. The number of rotatable bonds is 6. The molecule has 6 heteroatoms. The second-order valence-electron chi connectivity index (χ2n) is 9.06. The van der Waals surface area contributed by atoms with Crippen molar-refractivity contribution >= 4 is 29.3 Å². The summed E-state index contributed by atoms with van der Waals surface area (Å²) in [5.74, 6) is -1.87. The van der Waals surface area contributed by atoms with Crippen molar-refractivity contribution in [3.8, 4) is 0 Å². The van der Waals surface area contributed by atoms with E-state index in [2.05, 4.69) is 12.1 Å². The molecular weight excluding hydrogens is 442 g/mol. The SMILES string of the molecule is O=C(COC(=O)c1cccc(N2C(=O)C3CCC(c4ccccc4)CC3C2=O)c1)c1ccccc1. The van der Waals surface area contributed by atoms with Crippen molar-refractivity contribution in [1.82, 2.24) is 0 Å². The highest BCUT2D eigenvalue weighted by molar-refractivity contribution is 6.22. The van der Waals surface area contributed by atoms with Crippen molar-refractivity contribution in [2.24, 2.45) is 11.8 Å². The van der Waals surface area contributed by atoms with E-state index in [9.17, 15) is 19.2 Å². The summed E-state index contributed by atoms with van der Waals surface area (Å²) < 4.78 is 5.20. The maximum atomic E-state index is 13.3. The standard InChI is InChI=1S/C29H25NO5/c31-26(20-10-5-2-6-11-20)18-35-29(34)22-12-7-13-23(16-22)30-27(32)24-15-14-21(17-25(24)28(30)33)19-8-3-1-4-9-19/h1-13,16,21,24-25H,14-15,17-18H2. The predicted octanol–water partition coefficient (Wildman–Crippen LogP) is 4.80. The Morgan fingerprint density at radius 1 is 0.771 bits per heavy atom. The van der Waals surface area contributed by atoms with Crippen LogP contribution in [0.5, 0.6) is 0 Å². The Morgan fingerprint density at radius 3 is 2.17 bits per heavy atom. The van der Waals surface area contributed by atoms with Gasteiger partial charge in [-0.1, -0.05) is 66.7 Å². The third-order valence-electron chi connectivity index (χ3n) is 6.97. The van der Waals surface area contributed by atoms with Crippen molar-refractivity contribution in [2.75, 3.05) is 11.5 Å². The number of nitrogens with zero attached hydrogens (tertiary/aromatic N) is 1. The number of hydrogen-bond acceptors (Lipinski definition) is 5. The minimum atomic E-state index is -0.684. The van der Waals surface area contributed by atoms with E-state index in [1.54, 1.807) is 48.5 Å². The third-order valence-corrected chi connectivity index (χ3v) is 6.97. The van der Waals surface area contributed by atoms with E-state index in [0.29, 0.717) is 24.1 Å². The minimum Gasteiger partial charge on any atom is -0.454 e. The molecule has 5 rings (SSSR count). The molecule has 1 aliphatic heterocycles. The summed E-state index contributed by atoms with van der Waals surface area (Å²) in [5, 5.41) is 0. The van der Waals surface area contributed by atoms with Crippen LogP contribution in [0.4, 0.5) is 5.69 Å². The maximum Gasteiger partial charge on any atom is 0.338 e. The second-order valence-corrected chi connectivity index (χ2v) is 9.06. The fraction of sp³-hybridized carbons (Fsp3) is 0.241. The van der Waals surface area contributed by atoms with Gasteiger partial charge in [0.15, 0.2) is 12.4 Å². The molecule has 0 N–H and O–H groups in total. The van der Waals surface area contributed by atoms with E-state index in [0.717, 1.165) is 6.42 Å². The smallest absolute Gasteiger partial charge is 0.338 e. The lowest BCUT2D eigenvalue weighted by molar-refractivity contribution is -0.122. The number of amides is 2. The fourth-order valence-electron chi connectivity index (χ4n) is 5.16. The molecular formula is C29H25NO5. The molecule has 2 amide bonds. The molecule has 0 spiro atoms. The Balaban J connectivity index is 1.29. The van der Waals surface area contributed by atoms with E-state index in [4.69, 9.17) is 4.74 Å². The van der Waals surface area contributed by atoms with Gasteiger partial charge in [0.05, 0.1) is 23.1 Å². The number of hydrogen-bond donors (Lipinski definition) is 0. The Kier molecular flexibility index (Phi) is 6.27. The summed E-state index contributed by atoms with van der Waals surface area (Å²) in [6.07, 6.45) is 2.16. The number of anilines is 1. The third kappa shape index (κ3) is 4.52. The molecule has 0 radical (unpaired) electrons. The second kappa shape index (κ2) is 9.66. The molecule has 1 aliphatic carbocycles. The van der Waals surface area contributed by atoms with Gasteiger partial charge in [0.25, 0.3) is 0 Å². The topological polar surface area (TPSA) is 80.8 Å². The van der Waals surface area contributed by atoms with Crippen LogP contribution in [-0.2, 0) is 14.3 Å². The predicted molar refractivity (Wildman–Crippen MR) is 130 cm³/mol. The van der Waals surface area contributed by atoms with Gasteiger partial charge in [0.1, 0.15) is 0 Å². The van der Waals surface area contributed by atoms with Gasteiger partial charge in [-0.15, -0.1) is 0 Å². The van der Waals surface area contributed by atoms with Gasteiger partial charge in [-0.3, -0.25) is 19.3 Å². The highest BCUT2D eigenvalue weighted by Gasteiger charge is 2.50. The number of Topliss-reactive ketones (excluding diaryl/α,β-unsaturated/α-hetero) is 1. The van der Waals surface area contributed by atoms with Crippen LogP contribution >= 0.6 is 0 Å². The van der Waals surface area contributed by atoms with E-state index >= 15 is 0 Å². The molecule has 1 saturated carbocycles. The summed E-state index contributed by atoms with van der Waals surface area (Å²) >= 11 is 0. The summed E-state index contributed by atoms with van der Waals surface area (Å²) in [6, 6.07) is 25.0. The number of benzene rings is 3. The first-order valence-corrected chi connectivity index (χ1v) is 11.8. The number of ketones is 1. The average molecular weight is 468 g/mol. The first kappa shape index (κ1) is 22.7. The lowest BCUT2D eigenvalue weighted by Crippen LogP contribution is -2.31. The highest BCUT2D eigenvalue weighted by Crippen LogP contribution is 2.45. The fourth-order valence-corrected chi connectivity index (χ4v) is 5.16. The van der Waals surface area contributed by atoms with Gasteiger partial charge in [0, 0.05) is 5.56 Å². The zero-order valence-corrected chi connectivity index (χ0v) is 19.1. The van der Waals surface area contributed by atoms with Crippen LogP contribution in [0.2, 0.25) is 0 Å². The highest BCUT2D eigenvalue weighted by atomic mass is 16.5. The average Bonchev–Trinajstić information content (AvgIpc) is 3.17. The molecule has 3 aromatic rings. The van der Waals surface area contributed by atoms with Gasteiger partial charge in [-0.05, 0) is 48.9 Å². The van der Waals surface area contributed by atoms with E-state index in [1.807, 2.05) is 18.2 Å². The maximum absolute atomic E-state index is 13.3. The summed E-state index contributed by atoms with van der Waals surface area (Å²) in [7, 11) is 0. The molecule has 0 aromatic heterocycles. The molecule has 176 valence electrons.